The van der Waals surface area contributed by atoms with Gasteiger partial charge in [0.2, 0.25) is 0 Å². The van der Waals surface area contributed by atoms with Crippen LogP contribution >= 0.6 is 0 Å². The van der Waals surface area contributed by atoms with Crippen LogP contribution in [0, 0.1) is 0 Å². The van der Waals surface area contributed by atoms with E-state index in [1.165, 1.54) is 23.8 Å². The third-order valence-corrected chi connectivity index (χ3v) is 4.34. The summed E-state index contributed by atoms with van der Waals surface area (Å²) in [6.07, 6.45) is 4.65. The lowest BCUT2D eigenvalue weighted by molar-refractivity contribution is 0.461. The highest BCUT2D eigenvalue weighted by Gasteiger charge is 2.14. The van der Waals surface area contributed by atoms with Crippen LogP contribution in [0.2, 0.25) is 0 Å². The van der Waals surface area contributed by atoms with Crippen molar-refractivity contribution in [1.82, 2.24) is 15.1 Å². The molecule has 1 aliphatic rings. The van der Waals surface area contributed by atoms with E-state index < -0.39 is 0 Å². The van der Waals surface area contributed by atoms with E-state index in [-0.39, 0.29) is 0 Å². The standard InChI is InChI=1S/C18H19N3/c1-2-6-18-16(4-1)13-21(20-18)17-9-7-14(8-10-17)15-5-3-11-19-12-15/h1-2,4,6-10,13,15,19H,3,5,11-12H2/t15-/m1/s1. The lowest BCUT2D eigenvalue weighted by Crippen LogP contribution is -2.28. The second kappa shape index (κ2) is 5.34. The molecule has 0 aliphatic carbocycles. The summed E-state index contributed by atoms with van der Waals surface area (Å²) in [5, 5.41) is 9.29. The Labute approximate surface area is 124 Å². The molecular formula is C18H19N3. The van der Waals surface area contributed by atoms with Crippen LogP contribution in [0.1, 0.15) is 24.3 Å². The summed E-state index contributed by atoms with van der Waals surface area (Å²) in [6.45, 7) is 2.26. The molecule has 2 heterocycles. The van der Waals surface area contributed by atoms with Gasteiger partial charge in [0.1, 0.15) is 0 Å². The minimum absolute atomic E-state index is 0.657. The van der Waals surface area contributed by atoms with Gasteiger partial charge in [-0.05, 0) is 49.1 Å². The third kappa shape index (κ3) is 2.45. The Bertz CT molecular complexity index is 704. The summed E-state index contributed by atoms with van der Waals surface area (Å²) in [5.41, 5.74) is 3.60. The van der Waals surface area contributed by atoms with Crippen molar-refractivity contribution in [3.63, 3.8) is 0 Å². The van der Waals surface area contributed by atoms with Crippen molar-refractivity contribution >= 4 is 10.9 Å². The summed E-state index contributed by atoms with van der Waals surface area (Å²) in [4.78, 5) is 0. The quantitative estimate of drug-likeness (QED) is 0.777. The number of piperidine rings is 1. The lowest BCUT2D eigenvalue weighted by Gasteiger charge is -2.23. The molecule has 1 fully saturated rings. The summed E-state index contributed by atoms with van der Waals surface area (Å²) < 4.78 is 1.97. The first-order valence-corrected chi connectivity index (χ1v) is 7.66. The van der Waals surface area contributed by atoms with Crippen LogP contribution in [-0.4, -0.2) is 22.9 Å². The molecule has 106 valence electrons. The Morgan fingerprint density at radius 3 is 2.67 bits per heavy atom. The average Bonchev–Trinajstić information content (AvgIpc) is 3.00. The van der Waals surface area contributed by atoms with Crippen molar-refractivity contribution < 1.29 is 0 Å². The van der Waals surface area contributed by atoms with E-state index in [1.807, 2.05) is 22.9 Å². The number of benzene rings is 2. The molecule has 3 heteroatoms. The molecule has 21 heavy (non-hydrogen) atoms. The van der Waals surface area contributed by atoms with Crippen molar-refractivity contribution in [2.24, 2.45) is 0 Å². The molecule has 0 radical (unpaired) electrons. The molecule has 1 atom stereocenters. The molecule has 0 amide bonds. The van der Waals surface area contributed by atoms with Crippen molar-refractivity contribution in [2.75, 3.05) is 13.1 Å². The second-order valence-corrected chi connectivity index (χ2v) is 5.77. The lowest BCUT2D eigenvalue weighted by atomic mass is 9.92. The van der Waals surface area contributed by atoms with Gasteiger partial charge in [-0.3, -0.25) is 0 Å². The molecule has 0 spiro atoms. The minimum Gasteiger partial charge on any atom is -0.316 e. The fourth-order valence-electron chi connectivity index (χ4n) is 3.13. The first-order valence-electron chi connectivity index (χ1n) is 7.66. The summed E-state index contributed by atoms with van der Waals surface area (Å²) in [6, 6.07) is 17.1. The number of aromatic nitrogens is 2. The van der Waals surface area contributed by atoms with Crippen LogP contribution in [-0.2, 0) is 0 Å². The first kappa shape index (κ1) is 12.6. The monoisotopic (exact) mass is 277 g/mol. The minimum atomic E-state index is 0.657. The Balaban J connectivity index is 1.63. The zero-order valence-corrected chi connectivity index (χ0v) is 12.0. The third-order valence-electron chi connectivity index (χ3n) is 4.34. The van der Waals surface area contributed by atoms with Gasteiger partial charge in [0.25, 0.3) is 0 Å². The number of nitrogens with zero attached hydrogens (tertiary/aromatic N) is 2. The fourth-order valence-corrected chi connectivity index (χ4v) is 3.13. The topological polar surface area (TPSA) is 29.9 Å². The Kier molecular flexibility index (Phi) is 3.20. The predicted octanol–water partition coefficient (Wildman–Crippen LogP) is 3.49. The second-order valence-electron chi connectivity index (χ2n) is 5.77. The number of rotatable bonds is 2. The number of fused-ring (bicyclic) bond motifs is 1. The van der Waals surface area contributed by atoms with E-state index >= 15 is 0 Å². The number of hydrogen-bond donors (Lipinski definition) is 1. The molecule has 3 nitrogen and oxygen atoms in total. The molecule has 1 aromatic heterocycles. The van der Waals surface area contributed by atoms with Crippen molar-refractivity contribution in [3.8, 4) is 5.69 Å². The Morgan fingerprint density at radius 1 is 1.05 bits per heavy atom. The van der Waals surface area contributed by atoms with Gasteiger partial charge in [-0.15, -0.1) is 0 Å². The Morgan fingerprint density at radius 2 is 1.90 bits per heavy atom. The van der Waals surface area contributed by atoms with Gasteiger partial charge in [0, 0.05) is 18.1 Å². The van der Waals surface area contributed by atoms with E-state index in [4.69, 9.17) is 0 Å². The summed E-state index contributed by atoms with van der Waals surface area (Å²) >= 11 is 0. The van der Waals surface area contributed by atoms with E-state index in [0.717, 1.165) is 24.3 Å². The highest BCUT2D eigenvalue weighted by atomic mass is 15.3. The first-order chi connectivity index (χ1) is 10.4. The van der Waals surface area contributed by atoms with E-state index in [2.05, 4.69) is 46.9 Å². The number of hydrogen-bond acceptors (Lipinski definition) is 2. The predicted molar refractivity (Wildman–Crippen MR) is 85.9 cm³/mol. The molecule has 0 bridgehead atoms. The zero-order chi connectivity index (χ0) is 14.1. The van der Waals surface area contributed by atoms with Gasteiger partial charge in [0.05, 0.1) is 11.2 Å². The molecule has 1 saturated heterocycles. The highest BCUT2D eigenvalue weighted by Crippen LogP contribution is 2.24. The van der Waals surface area contributed by atoms with Crippen molar-refractivity contribution in [3.05, 3.63) is 60.3 Å². The van der Waals surface area contributed by atoms with Gasteiger partial charge in [0.15, 0.2) is 0 Å². The van der Waals surface area contributed by atoms with Crippen molar-refractivity contribution in [2.45, 2.75) is 18.8 Å². The van der Waals surface area contributed by atoms with Crippen molar-refractivity contribution in [1.29, 1.82) is 0 Å². The van der Waals surface area contributed by atoms with E-state index in [1.54, 1.807) is 0 Å². The smallest absolute Gasteiger partial charge is 0.0927 e. The SMILES string of the molecule is c1ccc2nn(-c3ccc([C@@H]4CCCNC4)cc3)cc2c1. The highest BCUT2D eigenvalue weighted by molar-refractivity contribution is 5.78. The number of nitrogens with one attached hydrogen (secondary N) is 1. The molecule has 0 saturated carbocycles. The maximum atomic E-state index is 4.63. The van der Waals surface area contributed by atoms with Crippen LogP contribution < -0.4 is 5.32 Å². The van der Waals surface area contributed by atoms with Gasteiger partial charge in [-0.1, -0.05) is 30.3 Å². The van der Waals surface area contributed by atoms with Crippen LogP contribution in [0.4, 0.5) is 0 Å². The van der Waals surface area contributed by atoms with Crippen LogP contribution in [0.3, 0.4) is 0 Å². The van der Waals surface area contributed by atoms with Gasteiger partial charge in [-0.2, -0.15) is 5.10 Å². The van der Waals surface area contributed by atoms with Crippen LogP contribution in [0.5, 0.6) is 0 Å². The summed E-state index contributed by atoms with van der Waals surface area (Å²) in [5.74, 6) is 0.657. The molecule has 1 N–H and O–H groups in total. The summed E-state index contributed by atoms with van der Waals surface area (Å²) in [7, 11) is 0. The molecule has 2 aromatic carbocycles. The van der Waals surface area contributed by atoms with Crippen LogP contribution in [0.15, 0.2) is 54.7 Å². The van der Waals surface area contributed by atoms with Gasteiger partial charge < -0.3 is 5.32 Å². The van der Waals surface area contributed by atoms with Crippen LogP contribution in [0.25, 0.3) is 16.6 Å². The van der Waals surface area contributed by atoms with E-state index in [9.17, 15) is 0 Å². The fraction of sp³-hybridized carbons (Fsp3) is 0.278. The maximum absolute atomic E-state index is 4.63. The zero-order valence-electron chi connectivity index (χ0n) is 12.0. The largest absolute Gasteiger partial charge is 0.316 e. The average molecular weight is 277 g/mol. The molecule has 1 aliphatic heterocycles. The molecule has 3 aromatic rings. The van der Waals surface area contributed by atoms with Gasteiger partial charge >= 0.3 is 0 Å². The maximum Gasteiger partial charge on any atom is 0.0927 e. The van der Waals surface area contributed by atoms with E-state index in [0.29, 0.717) is 5.92 Å². The molecule has 0 unspecified atom stereocenters. The Hall–Kier alpha value is -2.13. The normalized spacial score (nSPS) is 19.0. The van der Waals surface area contributed by atoms with Gasteiger partial charge in [-0.25, -0.2) is 4.68 Å². The molecule has 4 rings (SSSR count). The molecular weight excluding hydrogens is 258 g/mol.